The normalized spacial score (nSPS) is 11.7. The zero-order valence-electron chi connectivity index (χ0n) is 17.2. The predicted octanol–water partition coefficient (Wildman–Crippen LogP) is 3.88. The summed E-state index contributed by atoms with van der Waals surface area (Å²) in [5.74, 6) is 1.75. The summed E-state index contributed by atoms with van der Waals surface area (Å²) in [5, 5.41) is 6.74. The molecule has 0 fully saturated rings. The van der Waals surface area contributed by atoms with Crippen LogP contribution in [0.2, 0.25) is 0 Å². The molecule has 0 spiro atoms. The maximum atomic E-state index is 5.19. The average molecular weight is 476 g/mol. The molecule has 6 heteroatoms. The molecule has 1 aromatic carbocycles. The second-order valence-electron chi connectivity index (χ2n) is 6.75. The van der Waals surface area contributed by atoms with Gasteiger partial charge in [0.25, 0.3) is 0 Å². The number of rotatable bonds is 10. The summed E-state index contributed by atoms with van der Waals surface area (Å²) >= 11 is 0. The van der Waals surface area contributed by atoms with Gasteiger partial charge < -0.3 is 15.4 Å². The Morgan fingerprint density at radius 1 is 1.08 bits per heavy atom. The van der Waals surface area contributed by atoms with Crippen molar-refractivity contribution in [2.24, 2.45) is 4.99 Å². The van der Waals surface area contributed by atoms with E-state index in [1.165, 1.54) is 5.56 Å². The minimum absolute atomic E-state index is 0. The summed E-state index contributed by atoms with van der Waals surface area (Å²) in [6.45, 7) is 14.7. The monoisotopic (exact) mass is 476 g/mol. The van der Waals surface area contributed by atoms with Crippen molar-refractivity contribution in [3.05, 3.63) is 29.8 Å². The quantitative estimate of drug-likeness (QED) is 0.233. The highest BCUT2D eigenvalue weighted by Gasteiger charge is 2.12. The van der Waals surface area contributed by atoms with Crippen LogP contribution in [0.1, 0.15) is 46.6 Å². The van der Waals surface area contributed by atoms with Gasteiger partial charge in [-0.3, -0.25) is 4.90 Å². The van der Waals surface area contributed by atoms with Crippen molar-refractivity contribution in [2.45, 2.75) is 59.7 Å². The Hall–Kier alpha value is -1.02. The van der Waals surface area contributed by atoms with E-state index in [4.69, 9.17) is 4.74 Å². The fourth-order valence-corrected chi connectivity index (χ4v) is 2.82. The topological polar surface area (TPSA) is 48.9 Å². The first-order valence-corrected chi connectivity index (χ1v) is 9.38. The molecule has 0 unspecified atom stereocenters. The lowest BCUT2D eigenvalue weighted by Crippen LogP contribution is -2.41. The van der Waals surface area contributed by atoms with Crippen LogP contribution in [-0.4, -0.2) is 49.7 Å². The number of hydrogen-bond acceptors (Lipinski definition) is 3. The zero-order chi connectivity index (χ0) is 18.7. The van der Waals surface area contributed by atoms with E-state index in [1.807, 2.05) is 12.1 Å². The number of halogens is 1. The van der Waals surface area contributed by atoms with Gasteiger partial charge >= 0.3 is 0 Å². The SMILES string of the molecule is CCNC(=NCc1ccc(OC)cc1)NCCCN(C(C)C)C(C)C.I. The smallest absolute Gasteiger partial charge is 0.191 e. The molecule has 0 heterocycles. The predicted molar refractivity (Wildman–Crippen MR) is 123 cm³/mol. The minimum atomic E-state index is 0. The van der Waals surface area contributed by atoms with Gasteiger partial charge in [-0.2, -0.15) is 0 Å². The van der Waals surface area contributed by atoms with Crippen molar-refractivity contribution in [1.29, 1.82) is 0 Å². The molecule has 0 amide bonds. The van der Waals surface area contributed by atoms with Crippen LogP contribution >= 0.6 is 24.0 Å². The molecule has 0 bridgehead atoms. The van der Waals surface area contributed by atoms with Crippen molar-refractivity contribution >= 4 is 29.9 Å². The summed E-state index contributed by atoms with van der Waals surface area (Å²) in [7, 11) is 1.68. The number of methoxy groups -OCH3 is 1. The molecule has 0 saturated carbocycles. The number of hydrogen-bond donors (Lipinski definition) is 2. The lowest BCUT2D eigenvalue weighted by molar-refractivity contribution is 0.173. The van der Waals surface area contributed by atoms with E-state index in [-0.39, 0.29) is 24.0 Å². The van der Waals surface area contributed by atoms with E-state index in [2.05, 4.69) is 67.3 Å². The molecule has 1 rings (SSSR count). The maximum Gasteiger partial charge on any atom is 0.191 e. The number of guanidine groups is 1. The molecule has 0 aromatic heterocycles. The number of benzene rings is 1. The molecule has 0 aliphatic rings. The molecule has 0 atom stereocenters. The van der Waals surface area contributed by atoms with Gasteiger partial charge in [0, 0.05) is 31.7 Å². The Morgan fingerprint density at radius 2 is 1.69 bits per heavy atom. The highest BCUT2D eigenvalue weighted by atomic mass is 127. The molecular formula is C20H37IN4O. The Labute approximate surface area is 177 Å². The van der Waals surface area contributed by atoms with E-state index < -0.39 is 0 Å². The van der Waals surface area contributed by atoms with Gasteiger partial charge in [0.05, 0.1) is 13.7 Å². The minimum Gasteiger partial charge on any atom is -0.497 e. The third kappa shape index (κ3) is 9.62. The van der Waals surface area contributed by atoms with Crippen molar-refractivity contribution < 1.29 is 4.74 Å². The van der Waals surface area contributed by atoms with Crippen molar-refractivity contribution in [3.8, 4) is 5.75 Å². The molecular weight excluding hydrogens is 439 g/mol. The van der Waals surface area contributed by atoms with Gasteiger partial charge in [0.2, 0.25) is 0 Å². The molecule has 1 aromatic rings. The lowest BCUT2D eigenvalue weighted by Gasteiger charge is -2.30. The van der Waals surface area contributed by atoms with E-state index in [9.17, 15) is 0 Å². The third-order valence-electron chi connectivity index (χ3n) is 4.14. The molecule has 150 valence electrons. The van der Waals surface area contributed by atoms with Crippen molar-refractivity contribution in [2.75, 3.05) is 26.7 Å². The van der Waals surface area contributed by atoms with Crippen LogP contribution in [-0.2, 0) is 6.54 Å². The average Bonchev–Trinajstić information content (AvgIpc) is 2.59. The fourth-order valence-electron chi connectivity index (χ4n) is 2.82. The number of nitrogens with one attached hydrogen (secondary N) is 2. The van der Waals surface area contributed by atoms with Crippen molar-refractivity contribution in [3.63, 3.8) is 0 Å². The van der Waals surface area contributed by atoms with Crippen LogP contribution in [0.4, 0.5) is 0 Å². The molecule has 2 N–H and O–H groups in total. The van der Waals surface area contributed by atoms with E-state index >= 15 is 0 Å². The fraction of sp³-hybridized carbons (Fsp3) is 0.650. The Bertz CT molecular complexity index is 495. The Kier molecular flexibility index (Phi) is 13.5. The zero-order valence-corrected chi connectivity index (χ0v) is 19.5. The highest BCUT2D eigenvalue weighted by molar-refractivity contribution is 14.0. The number of ether oxygens (including phenoxy) is 1. The van der Waals surface area contributed by atoms with Crippen LogP contribution < -0.4 is 15.4 Å². The summed E-state index contributed by atoms with van der Waals surface area (Å²) in [6.07, 6.45) is 1.10. The molecule has 0 aliphatic heterocycles. The number of aliphatic imine (C=N–C) groups is 1. The Morgan fingerprint density at radius 3 is 2.19 bits per heavy atom. The van der Waals surface area contributed by atoms with Gasteiger partial charge in [-0.25, -0.2) is 4.99 Å². The summed E-state index contributed by atoms with van der Waals surface area (Å²) < 4.78 is 5.19. The van der Waals surface area contributed by atoms with Crippen LogP contribution in [0.25, 0.3) is 0 Å². The number of nitrogens with zero attached hydrogens (tertiary/aromatic N) is 2. The maximum absolute atomic E-state index is 5.19. The van der Waals surface area contributed by atoms with Crippen LogP contribution in [0.15, 0.2) is 29.3 Å². The molecule has 0 radical (unpaired) electrons. The summed E-state index contributed by atoms with van der Waals surface area (Å²) in [4.78, 5) is 7.18. The lowest BCUT2D eigenvalue weighted by atomic mass is 10.2. The van der Waals surface area contributed by atoms with Gasteiger partial charge in [-0.05, 0) is 58.7 Å². The second-order valence-corrected chi connectivity index (χ2v) is 6.75. The first-order chi connectivity index (χ1) is 12.0. The van der Waals surface area contributed by atoms with Crippen molar-refractivity contribution in [1.82, 2.24) is 15.5 Å². The largest absolute Gasteiger partial charge is 0.497 e. The van der Waals surface area contributed by atoms with Gasteiger partial charge in [-0.15, -0.1) is 24.0 Å². The first kappa shape index (κ1) is 25.0. The van der Waals surface area contributed by atoms with Crippen LogP contribution in [0, 0.1) is 0 Å². The Balaban J connectivity index is 0.00000625. The van der Waals surface area contributed by atoms with Gasteiger partial charge in [0.15, 0.2) is 5.96 Å². The first-order valence-electron chi connectivity index (χ1n) is 9.38. The van der Waals surface area contributed by atoms with Gasteiger partial charge in [0.1, 0.15) is 5.75 Å². The van der Waals surface area contributed by atoms with E-state index in [0.29, 0.717) is 18.6 Å². The van der Waals surface area contributed by atoms with Crippen LogP contribution in [0.3, 0.4) is 0 Å². The summed E-state index contributed by atoms with van der Waals surface area (Å²) in [6, 6.07) is 9.20. The molecule has 0 saturated heterocycles. The standard InChI is InChI=1S/C20H36N4O.HI/c1-7-21-20(22-13-8-14-24(16(2)3)17(4)5)23-15-18-9-11-19(25-6)12-10-18;/h9-12,16-17H,7-8,13-15H2,1-6H3,(H2,21,22,23);1H. The summed E-state index contributed by atoms with van der Waals surface area (Å²) in [5.41, 5.74) is 1.17. The molecule has 0 aliphatic carbocycles. The van der Waals surface area contributed by atoms with E-state index in [0.717, 1.165) is 37.8 Å². The molecule has 5 nitrogen and oxygen atoms in total. The second kappa shape index (κ2) is 14.1. The highest BCUT2D eigenvalue weighted by Crippen LogP contribution is 2.11. The van der Waals surface area contributed by atoms with Gasteiger partial charge in [-0.1, -0.05) is 12.1 Å². The van der Waals surface area contributed by atoms with E-state index in [1.54, 1.807) is 7.11 Å². The third-order valence-corrected chi connectivity index (χ3v) is 4.14. The van der Waals surface area contributed by atoms with Crippen LogP contribution in [0.5, 0.6) is 5.75 Å². The molecule has 26 heavy (non-hydrogen) atoms.